The summed E-state index contributed by atoms with van der Waals surface area (Å²) in [5.41, 5.74) is 3.05. The summed E-state index contributed by atoms with van der Waals surface area (Å²) in [4.78, 5) is 0. The van der Waals surface area contributed by atoms with E-state index in [0.717, 1.165) is 32.3 Å². The molecular weight excluding hydrogens is 375 g/mol. The van der Waals surface area contributed by atoms with Crippen LogP contribution in [0.15, 0.2) is 48.5 Å². The number of benzene rings is 2. The van der Waals surface area contributed by atoms with Crippen molar-refractivity contribution < 1.29 is 5.11 Å². The van der Waals surface area contributed by atoms with Crippen molar-refractivity contribution >= 4 is 33.5 Å². The molecule has 0 radical (unpaired) electrons. The van der Waals surface area contributed by atoms with Crippen LogP contribution in [0.1, 0.15) is 24.3 Å². The minimum absolute atomic E-state index is 0.526. The normalized spacial score (nSPS) is 12.7. The number of aliphatic hydroxyl groups is 1. The molecule has 1 heterocycles. The lowest BCUT2D eigenvalue weighted by atomic mass is 10.0. The van der Waals surface area contributed by atoms with Gasteiger partial charge in [0.15, 0.2) is 0 Å². The summed E-state index contributed by atoms with van der Waals surface area (Å²) in [5.74, 6) is 0. The molecule has 0 aliphatic heterocycles. The fourth-order valence-electron chi connectivity index (χ4n) is 2.63. The van der Waals surface area contributed by atoms with Crippen molar-refractivity contribution in [2.45, 2.75) is 26.0 Å². The number of aliphatic hydroxyl groups excluding tert-OH is 1. The lowest BCUT2D eigenvalue weighted by Gasteiger charge is -2.11. The van der Waals surface area contributed by atoms with Crippen LogP contribution in [0.4, 0.5) is 0 Å². The second-order valence-electron chi connectivity index (χ2n) is 5.02. The average Bonchev–Trinajstić information content (AvgIpc) is 2.86. The first kappa shape index (κ1) is 14.5. The van der Waals surface area contributed by atoms with E-state index in [2.05, 4.69) is 46.7 Å². The van der Waals surface area contributed by atoms with Gasteiger partial charge in [0.1, 0.15) is 0 Å². The van der Waals surface area contributed by atoms with Crippen LogP contribution in [0, 0.1) is 3.57 Å². The summed E-state index contributed by atoms with van der Waals surface area (Å²) in [6.45, 7) is 2.92. The Bertz CT molecular complexity index is 766. The minimum atomic E-state index is -0.526. The molecule has 1 N–H and O–H groups in total. The number of aromatic nitrogens is 2. The van der Waals surface area contributed by atoms with E-state index in [1.54, 1.807) is 0 Å². The van der Waals surface area contributed by atoms with Crippen LogP contribution < -0.4 is 0 Å². The zero-order chi connectivity index (χ0) is 14.8. The van der Waals surface area contributed by atoms with Crippen molar-refractivity contribution in [1.29, 1.82) is 0 Å². The number of hydrogen-bond acceptors (Lipinski definition) is 2. The van der Waals surface area contributed by atoms with Crippen LogP contribution in [0.2, 0.25) is 0 Å². The van der Waals surface area contributed by atoms with Crippen LogP contribution in [-0.2, 0) is 13.0 Å². The molecule has 2 aromatic carbocycles. The number of rotatable bonds is 4. The topological polar surface area (TPSA) is 38.0 Å². The number of hydrogen-bond donors (Lipinski definition) is 1. The van der Waals surface area contributed by atoms with Crippen molar-refractivity contribution in [3.8, 4) is 0 Å². The molecule has 1 atom stereocenters. The maximum Gasteiger partial charge on any atom is 0.0856 e. The third-order valence-corrected chi connectivity index (χ3v) is 4.67. The van der Waals surface area contributed by atoms with Crippen molar-refractivity contribution in [2.75, 3.05) is 0 Å². The Morgan fingerprint density at radius 1 is 1.14 bits per heavy atom. The van der Waals surface area contributed by atoms with Gasteiger partial charge in [-0.1, -0.05) is 36.4 Å². The molecule has 1 unspecified atom stereocenters. The van der Waals surface area contributed by atoms with Gasteiger partial charge in [-0.05, 0) is 47.2 Å². The standard InChI is InChI=1S/C17H17IN2O/c1-2-20-16-10-6-4-8-13(16)15(19-20)11-17(21)12-7-3-5-9-14(12)18/h3-10,17,21H,2,11H2,1H3. The molecule has 3 aromatic rings. The fraction of sp³-hybridized carbons (Fsp3) is 0.235. The lowest BCUT2D eigenvalue weighted by Crippen LogP contribution is -2.05. The predicted octanol–water partition coefficient (Wildman–Crippen LogP) is 3.94. The van der Waals surface area contributed by atoms with Gasteiger partial charge in [-0.2, -0.15) is 5.10 Å². The predicted molar refractivity (Wildman–Crippen MR) is 93.2 cm³/mol. The Morgan fingerprint density at radius 3 is 2.62 bits per heavy atom. The number of aryl methyl sites for hydroxylation is 1. The molecule has 0 amide bonds. The van der Waals surface area contributed by atoms with E-state index in [-0.39, 0.29) is 0 Å². The lowest BCUT2D eigenvalue weighted by molar-refractivity contribution is 0.176. The highest BCUT2D eigenvalue weighted by Gasteiger charge is 2.16. The van der Waals surface area contributed by atoms with E-state index < -0.39 is 6.10 Å². The zero-order valence-corrected chi connectivity index (χ0v) is 14.0. The van der Waals surface area contributed by atoms with E-state index in [4.69, 9.17) is 0 Å². The molecule has 3 rings (SSSR count). The molecule has 0 aliphatic rings. The van der Waals surface area contributed by atoms with E-state index in [0.29, 0.717) is 6.42 Å². The summed E-state index contributed by atoms with van der Waals surface area (Å²) in [7, 11) is 0. The van der Waals surface area contributed by atoms with Gasteiger partial charge in [-0.3, -0.25) is 4.68 Å². The molecule has 21 heavy (non-hydrogen) atoms. The van der Waals surface area contributed by atoms with E-state index in [1.165, 1.54) is 0 Å². The van der Waals surface area contributed by atoms with Gasteiger partial charge in [0.25, 0.3) is 0 Å². The van der Waals surface area contributed by atoms with Crippen molar-refractivity contribution in [2.24, 2.45) is 0 Å². The summed E-state index contributed by atoms with van der Waals surface area (Å²) >= 11 is 2.26. The van der Waals surface area contributed by atoms with E-state index in [1.807, 2.05) is 41.1 Å². The van der Waals surface area contributed by atoms with Gasteiger partial charge in [-0.15, -0.1) is 0 Å². The largest absolute Gasteiger partial charge is 0.388 e. The Labute approximate surface area is 137 Å². The van der Waals surface area contributed by atoms with Crippen LogP contribution in [-0.4, -0.2) is 14.9 Å². The molecule has 0 saturated heterocycles. The number of fused-ring (bicyclic) bond motifs is 1. The molecule has 4 heteroatoms. The van der Waals surface area contributed by atoms with Gasteiger partial charge in [0.2, 0.25) is 0 Å². The highest BCUT2D eigenvalue weighted by molar-refractivity contribution is 14.1. The quantitative estimate of drug-likeness (QED) is 0.684. The van der Waals surface area contributed by atoms with Gasteiger partial charge in [0, 0.05) is 21.9 Å². The fourth-order valence-corrected chi connectivity index (χ4v) is 3.37. The number of halogens is 1. The zero-order valence-electron chi connectivity index (χ0n) is 11.8. The summed E-state index contributed by atoms with van der Waals surface area (Å²) in [6.07, 6.45) is 0.00905. The monoisotopic (exact) mass is 392 g/mol. The summed E-state index contributed by atoms with van der Waals surface area (Å²) < 4.78 is 3.08. The number of para-hydroxylation sites is 1. The van der Waals surface area contributed by atoms with Gasteiger partial charge < -0.3 is 5.11 Å². The Balaban J connectivity index is 1.97. The van der Waals surface area contributed by atoms with Crippen LogP contribution in [0.25, 0.3) is 10.9 Å². The number of nitrogens with zero attached hydrogens (tertiary/aromatic N) is 2. The molecule has 1 aromatic heterocycles. The Morgan fingerprint density at radius 2 is 1.86 bits per heavy atom. The third kappa shape index (κ3) is 2.82. The Kier molecular flexibility index (Phi) is 4.26. The minimum Gasteiger partial charge on any atom is -0.388 e. The first-order chi connectivity index (χ1) is 10.2. The van der Waals surface area contributed by atoms with Crippen molar-refractivity contribution in [3.63, 3.8) is 0 Å². The maximum absolute atomic E-state index is 10.5. The molecule has 108 valence electrons. The third-order valence-electron chi connectivity index (χ3n) is 3.68. The van der Waals surface area contributed by atoms with Gasteiger partial charge in [0.05, 0.1) is 17.3 Å². The summed E-state index contributed by atoms with van der Waals surface area (Å²) in [6, 6.07) is 16.1. The van der Waals surface area contributed by atoms with Crippen LogP contribution in [0.3, 0.4) is 0 Å². The van der Waals surface area contributed by atoms with E-state index in [9.17, 15) is 5.11 Å². The van der Waals surface area contributed by atoms with Crippen molar-refractivity contribution in [3.05, 3.63) is 63.4 Å². The van der Waals surface area contributed by atoms with E-state index >= 15 is 0 Å². The van der Waals surface area contributed by atoms with Crippen molar-refractivity contribution in [1.82, 2.24) is 9.78 Å². The highest BCUT2D eigenvalue weighted by Crippen LogP contribution is 2.26. The molecule has 0 saturated carbocycles. The molecule has 3 nitrogen and oxygen atoms in total. The highest BCUT2D eigenvalue weighted by atomic mass is 127. The van der Waals surface area contributed by atoms with Crippen LogP contribution in [0.5, 0.6) is 0 Å². The van der Waals surface area contributed by atoms with Crippen LogP contribution >= 0.6 is 22.6 Å². The molecule has 0 fully saturated rings. The molecule has 0 spiro atoms. The second kappa shape index (κ2) is 6.15. The van der Waals surface area contributed by atoms with Gasteiger partial charge >= 0.3 is 0 Å². The Hall–Kier alpha value is -1.40. The smallest absolute Gasteiger partial charge is 0.0856 e. The van der Waals surface area contributed by atoms with Gasteiger partial charge in [-0.25, -0.2) is 0 Å². The molecule has 0 bridgehead atoms. The average molecular weight is 392 g/mol. The molecule has 0 aliphatic carbocycles. The SMILES string of the molecule is CCn1nc(CC(O)c2ccccc2I)c2ccccc21. The maximum atomic E-state index is 10.5. The first-order valence-electron chi connectivity index (χ1n) is 7.07. The summed E-state index contributed by atoms with van der Waals surface area (Å²) in [5, 5.41) is 16.3. The second-order valence-corrected chi connectivity index (χ2v) is 6.18. The molecular formula is C17H17IN2O. The first-order valence-corrected chi connectivity index (χ1v) is 8.15.